The summed E-state index contributed by atoms with van der Waals surface area (Å²) < 4.78 is 0. The molecule has 0 rings (SSSR count). The first-order valence-electron chi connectivity index (χ1n) is 3.98. The van der Waals surface area contributed by atoms with E-state index in [1.54, 1.807) is 0 Å². The Morgan fingerprint density at radius 2 is 2.00 bits per heavy atom. The van der Waals surface area contributed by atoms with Crippen LogP contribution in [0.25, 0.3) is 0 Å². The molecule has 0 aromatic carbocycles. The van der Waals surface area contributed by atoms with Gasteiger partial charge in [0.25, 0.3) is 0 Å². The van der Waals surface area contributed by atoms with Crippen LogP contribution in [0.5, 0.6) is 0 Å². The molecule has 0 heteroatoms. The lowest BCUT2D eigenvalue weighted by Gasteiger charge is -1.83. The van der Waals surface area contributed by atoms with Crippen LogP contribution in [0.3, 0.4) is 0 Å². The molecule has 0 atom stereocenters. The maximum absolute atomic E-state index is 3.63. The van der Waals surface area contributed by atoms with E-state index >= 15 is 0 Å². The van der Waals surface area contributed by atoms with Gasteiger partial charge in [0.15, 0.2) is 0 Å². The van der Waals surface area contributed by atoms with Crippen LogP contribution in [0.1, 0.15) is 39.0 Å². The molecule has 0 bridgehead atoms. The summed E-state index contributed by atoms with van der Waals surface area (Å²) in [5.74, 6) is 6.22. The number of hydrogen-bond donors (Lipinski definition) is 0. The highest BCUT2D eigenvalue weighted by atomic mass is 13.8. The van der Waals surface area contributed by atoms with Crippen molar-refractivity contribution in [2.75, 3.05) is 0 Å². The van der Waals surface area contributed by atoms with Crippen LogP contribution in [0.2, 0.25) is 0 Å². The van der Waals surface area contributed by atoms with Crippen molar-refractivity contribution in [2.45, 2.75) is 39.0 Å². The maximum Gasteiger partial charge on any atom is 0.0123 e. The maximum atomic E-state index is 3.63. The SMILES string of the molecule is C=CCCC#CCCCC. The third-order valence-electron chi connectivity index (χ3n) is 1.25. The summed E-state index contributed by atoms with van der Waals surface area (Å²) in [6.07, 6.45) is 7.46. The van der Waals surface area contributed by atoms with E-state index in [2.05, 4.69) is 25.3 Å². The molecule has 0 saturated heterocycles. The van der Waals surface area contributed by atoms with Crippen molar-refractivity contribution in [3.63, 3.8) is 0 Å². The Morgan fingerprint density at radius 3 is 2.60 bits per heavy atom. The first-order chi connectivity index (χ1) is 4.91. The van der Waals surface area contributed by atoms with Crippen LogP contribution >= 0.6 is 0 Å². The fraction of sp³-hybridized carbons (Fsp3) is 0.600. The molecule has 0 nitrogen and oxygen atoms in total. The Morgan fingerprint density at radius 1 is 1.30 bits per heavy atom. The van der Waals surface area contributed by atoms with Gasteiger partial charge in [-0.2, -0.15) is 0 Å². The van der Waals surface area contributed by atoms with Crippen LogP contribution in [-0.2, 0) is 0 Å². The van der Waals surface area contributed by atoms with Crippen LogP contribution in [0, 0.1) is 11.8 Å². The third kappa shape index (κ3) is 7.30. The Hall–Kier alpha value is -0.700. The third-order valence-corrected chi connectivity index (χ3v) is 1.25. The van der Waals surface area contributed by atoms with Crippen LogP contribution in [0.15, 0.2) is 12.7 Å². The van der Waals surface area contributed by atoms with Gasteiger partial charge in [-0.1, -0.05) is 19.4 Å². The van der Waals surface area contributed by atoms with Gasteiger partial charge in [0, 0.05) is 12.8 Å². The number of hydrogen-bond acceptors (Lipinski definition) is 0. The van der Waals surface area contributed by atoms with Crippen molar-refractivity contribution in [3.8, 4) is 11.8 Å². The van der Waals surface area contributed by atoms with Gasteiger partial charge in [-0.15, -0.1) is 18.4 Å². The highest BCUT2D eigenvalue weighted by molar-refractivity contribution is 4.99. The van der Waals surface area contributed by atoms with E-state index in [-0.39, 0.29) is 0 Å². The standard InChI is InChI=1S/C10H16/c1-3-5-7-9-10-8-6-4-2/h3H,1,4-8H2,2H3. The highest BCUT2D eigenvalue weighted by Crippen LogP contribution is 1.92. The lowest BCUT2D eigenvalue weighted by molar-refractivity contribution is 0.827. The molecule has 56 valence electrons. The Balaban J connectivity index is 3.06. The van der Waals surface area contributed by atoms with Gasteiger partial charge in [-0.25, -0.2) is 0 Å². The minimum Gasteiger partial charge on any atom is -0.103 e. The van der Waals surface area contributed by atoms with E-state index in [0.29, 0.717) is 0 Å². The zero-order chi connectivity index (χ0) is 7.66. The first-order valence-corrected chi connectivity index (χ1v) is 3.98. The van der Waals surface area contributed by atoms with Crippen molar-refractivity contribution in [3.05, 3.63) is 12.7 Å². The Kier molecular flexibility index (Phi) is 7.72. The number of rotatable bonds is 4. The molecular formula is C10H16. The monoisotopic (exact) mass is 136 g/mol. The number of allylic oxidation sites excluding steroid dienone is 1. The van der Waals surface area contributed by atoms with Gasteiger partial charge >= 0.3 is 0 Å². The largest absolute Gasteiger partial charge is 0.103 e. The van der Waals surface area contributed by atoms with Gasteiger partial charge < -0.3 is 0 Å². The van der Waals surface area contributed by atoms with E-state index in [9.17, 15) is 0 Å². The smallest absolute Gasteiger partial charge is 0.0123 e. The molecule has 0 radical (unpaired) electrons. The highest BCUT2D eigenvalue weighted by Gasteiger charge is 1.75. The molecule has 0 aliphatic rings. The van der Waals surface area contributed by atoms with E-state index in [1.807, 2.05) is 6.08 Å². The van der Waals surface area contributed by atoms with Crippen LogP contribution in [0.4, 0.5) is 0 Å². The fourth-order valence-electron chi connectivity index (χ4n) is 0.616. The molecule has 0 fully saturated rings. The predicted octanol–water partition coefficient (Wildman–Crippen LogP) is 3.15. The summed E-state index contributed by atoms with van der Waals surface area (Å²) in [4.78, 5) is 0. The normalized spacial score (nSPS) is 8.10. The molecule has 0 aromatic rings. The van der Waals surface area contributed by atoms with E-state index in [1.165, 1.54) is 12.8 Å². The predicted molar refractivity (Wildman–Crippen MR) is 46.7 cm³/mol. The topological polar surface area (TPSA) is 0 Å². The molecular weight excluding hydrogens is 120 g/mol. The van der Waals surface area contributed by atoms with Crippen molar-refractivity contribution in [1.29, 1.82) is 0 Å². The lowest BCUT2D eigenvalue weighted by Crippen LogP contribution is -1.68. The molecule has 0 heterocycles. The van der Waals surface area contributed by atoms with Gasteiger partial charge in [0.2, 0.25) is 0 Å². The summed E-state index contributed by atoms with van der Waals surface area (Å²) in [6, 6.07) is 0. The molecule has 0 aliphatic heterocycles. The summed E-state index contributed by atoms with van der Waals surface area (Å²) in [5.41, 5.74) is 0. The molecule has 10 heavy (non-hydrogen) atoms. The van der Waals surface area contributed by atoms with E-state index in [0.717, 1.165) is 19.3 Å². The minimum atomic E-state index is 0.979. The van der Waals surface area contributed by atoms with Gasteiger partial charge in [-0.05, 0) is 12.8 Å². The fourth-order valence-corrected chi connectivity index (χ4v) is 0.616. The molecule has 0 unspecified atom stereocenters. The zero-order valence-corrected chi connectivity index (χ0v) is 6.82. The van der Waals surface area contributed by atoms with Crippen molar-refractivity contribution >= 4 is 0 Å². The van der Waals surface area contributed by atoms with Crippen LogP contribution in [-0.4, -0.2) is 0 Å². The van der Waals surface area contributed by atoms with Crippen molar-refractivity contribution in [1.82, 2.24) is 0 Å². The van der Waals surface area contributed by atoms with E-state index in [4.69, 9.17) is 0 Å². The Labute approximate surface area is 64.3 Å². The average Bonchev–Trinajstić information content (AvgIpc) is 1.97. The van der Waals surface area contributed by atoms with Gasteiger partial charge in [-0.3, -0.25) is 0 Å². The number of unbranched alkanes of at least 4 members (excludes halogenated alkanes) is 3. The molecule has 0 aliphatic carbocycles. The van der Waals surface area contributed by atoms with Gasteiger partial charge in [0.1, 0.15) is 0 Å². The Bertz CT molecular complexity index is 123. The summed E-state index contributed by atoms with van der Waals surface area (Å²) in [5, 5.41) is 0. The first kappa shape index (κ1) is 9.30. The average molecular weight is 136 g/mol. The molecule has 0 saturated carbocycles. The van der Waals surface area contributed by atoms with Crippen molar-refractivity contribution in [2.24, 2.45) is 0 Å². The minimum absolute atomic E-state index is 0.979. The quantitative estimate of drug-likeness (QED) is 0.316. The van der Waals surface area contributed by atoms with E-state index < -0.39 is 0 Å². The second kappa shape index (κ2) is 8.30. The summed E-state index contributed by atoms with van der Waals surface area (Å²) in [7, 11) is 0. The second-order valence-electron chi connectivity index (χ2n) is 2.28. The second-order valence-corrected chi connectivity index (χ2v) is 2.28. The molecule has 0 N–H and O–H groups in total. The molecule has 0 amide bonds. The van der Waals surface area contributed by atoms with Crippen LogP contribution < -0.4 is 0 Å². The summed E-state index contributed by atoms with van der Waals surface area (Å²) in [6.45, 7) is 5.81. The molecule has 0 aromatic heterocycles. The summed E-state index contributed by atoms with van der Waals surface area (Å²) >= 11 is 0. The van der Waals surface area contributed by atoms with Crippen molar-refractivity contribution < 1.29 is 0 Å². The lowest BCUT2D eigenvalue weighted by atomic mass is 10.2. The zero-order valence-electron chi connectivity index (χ0n) is 6.82. The van der Waals surface area contributed by atoms with Gasteiger partial charge in [0.05, 0.1) is 0 Å². The molecule has 0 spiro atoms.